The van der Waals surface area contributed by atoms with Gasteiger partial charge in [-0.3, -0.25) is 14.4 Å². The van der Waals surface area contributed by atoms with Crippen LogP contribution in [0.5, 0.6) is 0 Å². The second-order valence-electron chi connectivity index (χ2n) is 7.80. The van der Waals surface area contributed by atoms with Crippen LogP contribution in [0.4, 0.5) is 0 Å². The zero-order chi connectivity index (χ0) is 21.7. The third kappa shape index (κ3) is 11.5. The molecule has 0 aliphatic carbocycles. The molecule has 2 amide bonds. The van der Waals surface area contributed by atoms with Gasteiger partial charge < -0.3 is 15.4 Å². The van der Waals surface area contributed by atoms with Crippen molar-refractivity contribution >= 4 is 29.5 Å². The molecule has 0 saturated carbocycles. The van der Waals surface area contributed by atoms with E-state index >= 15 is 0 Å². The van der Waals surface area contributed by atoms with E-state index in [0.29, 0.717) is 25.1 Å². The van der Waals surface area contributed by atoms with Crippen LogP contribution < -0.4 is 10.6 Å². The van der Waals surface area contributed by atoms with Crippen molar-refractivity contribution in [1.29, 1.82) is 0 Å². The van der Waals surface area contributed by atoms with Crippen LogP contribution in [0.2, 0.25) is 0 Å². The molecule has 0 fully saturated rings. The van der Waals surface area contributed by atoms with Gasteiger partial charge in [-0.25, -0.2) is 0 Å². The maximum Gasteiger partial charge on any atom is 0.306 e. The lowest BCUT2D eigenvalue weighted by atomic mass is 9.86. The predicted molar refractivity (Wildman–Crippen MR) is 118 cm³/mol. The number of carbonyl (C=O) groups is 3. The van der Waals surface area contributed by atoms with Crippen molar-refractivity contribution in [2.75, 3.05) is 24.7 Å². The number of rotatable bonds is 13. The monoisotopic (exact) mass is 422 g/mol. The Morgan fingerprint density at radius 2 is 1.83 bits per heavy atom. The molecular weight excluding hydrogens is 388 g/mol. The fourth-order valence-corrected chi connectivity index (χ4v) is 3.85. The number of hydrogen-bond donors (Lipinski definition) is 2. The van der Waals surface area contributed by atoms with Gasteiger partial charge in [0.15, 0.2) is 0 Å². The molecule has 1 unspecified atom stereocenters. The van der Waals surface area contributed by atoms with Crippen molar-refractivity contribution in [3.05, 3.63) is 35.9 Å². The molecule has 29 heavy (non-hydrogen) atoms. The van der Waals surface area contributed by atoms with E-state index in [9.17, 15) is 14.4 Å². The van der Waals surface area contributed by atoms with E-state index in [1.807, 2.05) is 32.0 Å². The van der Waals surface area contributed by atoms with Gasteiger partial charge in [-0.2, -0.15) is 11.8 Å². The Balaban J connectivity index is 2.14. The smallest absolute Gasteiger partial charge is 0.306 e. The molecule has 0 bridgehead atoms. The molecule has 0 aliphatic rings. The number of nitrogens with one attached hydrogen (secondary N) is 2. The lowest BCUT2D eigenvalue weighted by Crippen LogP contribution is -2.37. The first-order valence-corrected chi connectivity index (χ1v) is 11.2. The Labute approximate surface area is 178 Å². The van der Waals surface area contributed by atoms with Crippen LogP contribution in [-0.4, -0.2) is 48.5 Å². The summed E-state index contributed by atoms with van der Waals surface area (Å²) >= 11 is 1.75. The van der Waals surface area contributed by atoms with Crippen LogP contribution in [0.3, 0.4) is 0 Å². The Morgan fingerprint density at radius 1 is 1.14 bits per heavy atom. The fourth-order valence-electron chi connectivity index (χ4n) is 2.70. The zero-order valence-electron chi connectivity index (χ0n) is 18.0. The van der Waals surface area contributed by atoms with Crippen LogP contribution in [0.1, 0.15) is 57.3 Å². The molecule has 162 valence electrons. The van der Waals surface area contributed by atoms with E-state index in [4.69, 9.17) is 4.74 Å². The number of hydrogen-bond acceptors (Lipinski definition) is 5. The number of benzene rings is 1. The average Bonchev–Trinajstić information content (AvgIpc) is 2.64. The molecule has 0 aliphatic heterocycles. The van der Waals surface area contributed by atoms with Gasteiger partial charge in [-0.1, -0.05) is 32.0 Å². The summed E-state index contributed by atoms with van der Waals surface area (Å²) in [7, 11) is 0. The molecule has 0 saturated heterocycles. The molecule has 1 aromatic carbocycles. The van der Waals surface area contributed by atoms with Gasteiger partial charge in [0.1, 0.15) is 0 Å². The first-order valence-electron chi connectivity index (χ1n) is 10.1. The molecule has 0 aromatic heterocycles. The standard InChI is InChI=1S/C22H34N2O4S/c1-5-28-20(26)16-22(3,4)11-13-29-14-12-23-19(25)15-17(2)24-21(27)18-9-7-6-8-10-18/h6-10,17H,5,11-16H2,1-4H3,(H,23,25)(H,24,27). The van der Waals surface area contributed by atoms with Crippen molar-refractivity contribution in [1.82, 2.24) is 10.6 Å². The molecule has 7 heteroatoms. The maximum absolute atomic E-state index is 12.1. The van der Waals surface area contributed by atoms with Crippen LogP contribution in [0, 0.1) is 5.41 Å². The molecule has 1 atom stereocenters. The Bertz CT molecular complexity index is 649. The second-order valence-corrected chi connectivity index (χ2v) is 9.03. The van der Waals surface area contributed by atoms with E-state index in [1.165, 1.54) is 0 Å². The van der Waals surface area contributed by atoms with Crippen molar-refractivity contribution in [2.45, 2.75) is 53.0 Å². The van der Waals surface area contributed by atoms with Gasteiger partial charge in [0.2, 0.25) is 5.91 Å². The van der Waals surface area contributed by atoms with Gasteiger partial charge in [-0.05, 0) is 43.6 Å². The SMILES string of the molecule is CCOC(=O)CC(C)(C)CCSCCNC(=O)CC(C)NC(=O)c1ccccc1. The highest BCUT2D eigenvalue weighted by Crippen LogP contribution is 2.27. The normalized spacial score (nSPS) is 12.1. The van der Waals surface area contributed by atoms with Gasteiger partial charge in [0.05, 0.1) is 13.0 Å². The summed E-state index contributed by atoms with van der Waals surface area (Å²) in [5.41, 5.74) is 0.497. The predicted octanol–water partition coefficient (Wildman–Crippen LogP) is 3.41. The minimum Gasteiger partial charge on any atom is -0.466 e. The summed E-state index contributed by atoms with van der Waals surface area (Å²) in [6.45, 7) is 8.77. The fraction of sp³-hybridized carbons (Fsp3) is 0.591. The molecule has 2 N–H and O–H groups in total. The van der Waals surface area contributed by atoms with Crippen molar-refractivity contribution in [3.63, 3.8) is 0 Å². The van der Waals surface area contributed by atoms with Crippen molar-refractivity contribution in [2.24, 2.45) is 5.41 Å². The molecule has 0 spiro atoms. The first kappa shape index (κ1) is 25.0. The molecule has 1 rings (SSSR count). The van der Waals surface area contributed by atoms with Gasteiger partial charge in [0.25, 0.3) is 5.91 Å². The summed E-state index contributed by atoms with van der Waals surface area (Å²) in [5, 5.41) is 5.72. The maximum atomic E-state index is 12.1. The Morgan fingerprint density at radius 3 is 2.48 bits per heavy atom. The summed E-state index contributed by atoms with van der Waals surface area (Å²) in [4.78, 5) is 35.7. The molecule has 0 heterocycles. The third-order valence-corrected chi connectivity index (χ3v) is 5.31. The number of carbonyl (C=O) groups excluding carboxylic acids is 3. The van der Waals surface area contributed by atoms with Crippen LogP contribution in [-0.2, 0) is 14.3 Å². The summed E-state index contributed by atoms with van der Waals surface area (Å²) in [5.74, 6) is 1.34. The third-order valence-electron chi connectivity index (χ3n) is 4.33. The highest BCUT2D eigenvalue weighted by Gasteiger charge is 2.22. The number of esters is 1. The lowest BCUT2D eigenvalue weighted by Gasteiger charge is -2.23. The number of thioether (sulfide) groups is 1. The summed E-state index contributed by atoms with van der Waals surface area (Å²) in [6.07, 6.45) is 1.58. The Kier molecular flexibility index (Phi) is 11.4. The van der Waals surface area contributed by atoms with Crippen LogP contribution >= 0.6 is 11.8 Å². The minimum absolute atomic E-state index is 0.0749. The van der Waals surface area contributed by atoms with Gasteiger partial charge in [-0.15, -0.1) is 0 Å². The minimum atomic E-state index is -0.237. The summed E-state index contributed by atoms with van der Waals surface area (Å²) in [6, 6.07) is 8.72. The number of amides is 2. The van der Waals surface area contributed by atoms with E-state index in [2.05, 4.69) is 24.5 Å². The highest BCUT2D eigenvalue weighted by atomic mass is 32.2. The molecular formula is C22H34N2O4S. The topological polar surface area (TPSA) is 84.5 Å². The van der Waals surface area contributed by atoms with Crippen molar-refractivity contribution in [3.8, 4) is 0 Å². The second kappa shape index (κ2) is 13.2. The zero-order valence-corrected chi connectivity index (χ0v) is 18.8. The van der Waals surface area contributed by atoms with E-state index in [1.54, 1.807) is 23.9 Å². The largest absolute Gasteiger partial charge is 0.466 e. The van der Waals surface area contributed by atoms with E-state index in [-0.39, 0.29) is 35.7 Å². The van der Waals surface area contributed by atoms with Gasteiger partial charge >= 0.3 is 5.97 Å². The molecule has 1 aromatic rings. The Hall–Kier alpha value is -2.02. The first-order chi connectivity index (χ1) is 13.7. The van der Waals surface area contributed by atoms with Crippen molar-refractivity contribution < 1.29 is 19.1 Å². The average molecular weight is 423 g/mol. The number of ether oxygens (including phenoxy) is 1. The summed E-state index contributed by atoms with van der Waals surface area (Å²) < 4.78 is 5.01. The highest BCUT2D eigenvalue weighted by molar-refractivity contribution is 7.99. The lowest BCUT2D eigenvalue weighted by molar-refractivity contribution is -0.145. The quantitative estimate of drug-likeness (QED) is 0.376. The van der Waals surface area contributed by atoms with Gasteiger partial charge in [0, 0.05) is 30.3 Å². The van der Waals surface area contributed by atoms with Crippen LogP contribution in [0.25, 0.3) is 0 Å². The molecule has 0 radical (unpaired) electrons. The van der Waals surface area contributed by atoms with E-state index < -0.39 is 0 Å². The van der Waals surface area contributed by atoms with E-state index in [0.717, 1.165) is 17.9 Å². The molecule has 6 nitrogen and oxygen atoms in total. The van der Waals surface area contributed by atoms with Crippen LogP contribution in [0.15, 0.2) is 30.3 Å².